The van der Waals surface area contributed by atoms with Crippen molar-refractivity contribution in [3.05, 3.63) is 34.9 Å². The second-order valence-electron chi connectivity index (χ2n) is 6.63. The van der Waals surface area contributed by atoms with E-state index in [1.54, 1.807) is 6.92 Å². The van der Waals surface area contributed by atoms with Crippen LogP contribution < -0.4 is 0 Å². The molecule has 0 saturated heterocycles. The Bertz CT molecular complexity index is 486. The van der Waals surface area contributed by atoms with E-state index in [1.807, 2.05) is 24.3 Å². The highest BCUT2D eigenvalue weighted by Gasteiger charge is 2.29. The first-order valence-electron chi connectivity index (χ1n) is 8.66. The van der Waals surface area contributed by atoms with E-state index in [2.05, 4.69) is 0 Å². The quantitative estimate of drug-likeness (QED) is 0.377. The molecule has 3 nitrogen and oxygen atoms in total. The average Bonchev–Trinajstić information content (AvgIpc) is 2.53. The van der Waals surface area contributed by atoms with E-state index < -0.39 is 10.8 Å². The number of carboxylic acids is 1. The highest BCUT2D eigenvalue weighted by atomic mass is 35.5. The number of benzene rings is 1. The van der Waals surface area contributed by atoms with Gasteiger partial charge in [0.2, 0.25) is 0 Å². The SMILES string of the molecule is CC(Cl)(CCCCCCCC(O)CCc1ccc(Cl)cc1)C(=O)O. The number of unbranched alkanes of at least 4 members (excludes halogenated alkanes) is 4. The van der Waals surface area contributed by atoms with Gasteiger partial charge in [0.15, 0.2) is 0 Å². The number of aryl methyl sites for hydroxylation is 1. The van der Waals surface area contributed by atoms with Gasteiger partial charge in [-0.15, -0.1) is 11.6 Å². The second-order valence-corrected chi connectivity index (χ2v) is 7.90. The molecule has 0 aliphatic carbocycles. The lowest BCUT2D eigenvalue weighted by Gasteiger charge is -2.15. The van der Waals surface area contributed by atoms with E-state index in [9.17, 15) is 9.90 Å². The van der Waals surface area contributed by atoms with Gasteiger partial charge in [-0.25, -0.2) is 0 Å². The standard InChI is InChI=1S/C19H28Cl2O3/c1-19(21,18(23)24)14-6-4-2-3-5-7-17(22)13-10-15-8-11-16(20)12-9-15/h8-9,11-12,17,22H,2-7,10,13-14H2,1H3,(H,23,24). The third-order valence-corrected chi connectivity index (χ3v) is 4.91. The Hall–Kier alpha value is -0.770. The van der Waals surface area contributed by atoms with Crippen LogP contribution >= 0.6 is 23.2 Å². The van der Waals surface area contributed by atoms with Crippen molar-refractivity contribution in [3.63, 3.8) is 0 Å². The van der Waals surface area contributed by atoms with Crippen molar-refractivity contribution in [2.24, 2.45) is 0 Å². The predicted molar refractivity (Wildman–Crippen MR) is 100.0 cm³/mol. The van der Waals surface area contributed by atoms with Crippen molar-refractivity contribution in [3.8, 4) is 0 Å². The molecule has 1 aromatic rings. The van der Waals surface area contributed by atoms with Crippen molar-refractivity contribution in [1.29, 1.82) is 0 Å². The number of hydrogen-bond donors (Lipinski definition) is 2. The van der Waals surface area contributed by atoms with Crippen LogP contribution in [-0.2, 0) is 11.2 Å². The van der Waals surface area contributed by atoms with Crippen molar-refractivity contribution in [2.75, 3.05) is 0 Å². The Morgan fingerprint density at radius 1 is 1.08 bits per heavy atom. The molecule has 2 N–H and O–H groups in total. The van der Waals surface area contributed by atoms with Crippen molar-refractivity contribution in [2.45, 2.75) is 75.7 Å². The monoisotopic (exact) mass is 374 g/mol. The Kier molecular flexibility index (Phi) is 9.72. The lowest BCUT2D eigenvalue weighted by molar-refractivity contribution is -0.139. The number of aliphatic hydroxyl groups is 1. The number of aliphatic carboxylic acids is 1. The maximum absolute atomic E-state index is 10.9. The van der Waals surface area contributed by atoms with Gasteiger partial charge in [-0.2, -0.15) is 0 Å². The summed E-state index contributed by atoms with van der Waals surface area (Å²) in [5.74, 6) is -0.951. The summed E-state index contributed by atoms with van der Waals surface area (Å²) in [5, 5.41) is 19.7. The molecular formula is C19H28Cl2O3. The minimum Gasteiger partial charge on any atom is -0.480 e. The van der Waals surface area contributed by atoms with Crippen LogP contribution in [-0.4, -0.2) is 27.2 Å². The largest absolute Gasteiger partial charge is 0.480 e. The van der Waals surface area contributed by atoms with Crippen molar-refractivity contribution >= 4 is 29.2 Å². The maximum Gasteiger partial charge on any atom is 0.324 e. The summed E-state index contributed by atoms with van der Waals surface area (Å²) in [6.45, 7) is 1.55. The van der Waals surface area contributed by atoms with Gasteiger partial charge in [-0.05, 0) is 50.3 Å². The number of rotatable bonds is 12. The van der Waals surface area contributed by atoms with Gasteiger partial charge in [-0.1, -0.05) is 55.8 Å². The van der Waals surface area contributed by atoms with Crippen LogP contribution in [0.25, 0.3) is 0 Å². The fourth-order valence-electron chi connectivity index (χ4n) is 2.60. The molecule has 0 aromatic heterocycles. The highest BCUT2D eigenvalue weighted by Crippen LogP contribution is 2.23. The Labute approximate surface area is 155 Å². The molecule has 1 rings (SSSR count). The molecule has 0 aliphatic heterocycles. The molecule has 1 aromatic carbocycles. The molecule has 136 valence electrons. The van der Waals surface area contributed by atoms with E-state index in [0.29, 0.717) is 6.42 Å². The Morgan fingerprint density at radius 3 is 2.29 bits per heavy atom. The fraction of sp³-hybridized carbons (Fsp3) is 0.632. The van der Waals surface area contributed by atoms with Crippen LogP contribution in [0.1, 0.15) is 63.9 Å². The van der Waals surface area contributed by atoms with Crippen LogP contribution in [0.4, 0.5) is 0 Å². The fourth-order valence-corrected chi connectivity index (χ4v) is 2.86. The molecule has 0 radical (unpaired) electrons. The van der Waals surface area contributed by atoms with Crippen LogP contribution in [0.15, 0.2) is 24.3 Å². The van der Waals surface area contributed by atoms with Gasteiger partial charge < -0.3 is 10.2 Å². The van der Waals surface area contributed by atoms with Crippen LogP contribution in [0.3, 0.4) is 0 Å². The molecular weight excluding hydrogens is 347 g/mol. The van der Waals surface area contributed by atoms with Gasteiger partial charge >= 0.3 is 5.97 Å². The molecule has 2 atom stereocenters. The normalized spacial score (nSPS) is 15.0. The highest BCUT2D eigenvalue weighted by molar-refractivity contribution is 6.33. The van der Waals surface area contributed by atoms with E-state index in [0.717, 1.165) is 56.4 Å². The zero-order valence-corrected chi connectivity index (χ0v) is 15.8. The summed E-state index contributed by atoms with van der Waals surface area (Å²) >= 11 is 11.8. The summed E-state index contributed by atoms with van der Waals surface area (Å²) in [7, 11) is 0. The maximum atomic E-state index is 10.9. The minimum atomic E-state index is -1.14. The molecule has 0 saturated carbocycles. The van der Waals surface area contributed by atoms with Crippen molar-refractivity contribution < 1.29 is 15.0 Å². The lowest BCUT2D eigenvalue weighted by Crippen LogP contribution is -2.28. The van der Waals surface area contributed by atoms with Gasteiger partial charge in [0, 0.05) is 5.02 Å². The van der Waals surface area contributed by atoms with Gasteiger partial charge in [0.05, 0.1) is 6.10 Å². The zero-order chi connectivity index (χ0) is 18.0. The topological polar surface area (TPSA) is 57.5 Å². The number of halogens is 2. The summed E-state index contributed by atoms with van der Waals surface area (Å²) < 4.78 is 0. The average molecular weight is 375 g/mol. The molecule has 0 spiro atoms. The van der Waals surface area contributed by atoms with Gasteiger partial charge in [0.25, 0.3) is 0 Å². The number of hydrogen-bond acceptors (Lipinski definition) is 2. The van der Waals surface area contributed by atoms with Crippen LogP contribution in [0.2, 0.25) is 5.02 Å². The number of alkyl halides is 1. The Morgan fingerprint density at radius 2 is 1.67 bits per heavy atom. The molecule has 2 unspecified atom stereocenters. The lowest BCUT2D eigenvalue weighted by atomic mass is 9.99. The van der Waals surface area contributed by atoms with E-state index in [1.165, 1.54) is 5.56 Å². The molecule has 0 heterocycles. The molecule has 0 amide bonds. The van der Waals surface area contributed by atoms with Crippen molar-refractivity contribution in [1.82, 2.24) is 0 Å². The second kappa shape index (κ2) is 11.0. The molecule has 0 bridgehead atoms. The predicted octanol–water partition coefficient (Wildman–Crippen LogP) is 5.45. The minimum absolute atomic E-state index is 0.265. The van der Waals surface area contributed by atoms with Crippen LogP contribution in [0.5, 0.6) is 0 Å². The number of carboxylic acid groups (broad SMARTS) is 1. The van der Waals surface area contributed by atoms with E-state index in [4.69, 9.17) is 28.3 Å². The molecule has 24 heavy (non-hydrogen) atoms. The first-order chi connectivity index (χ1) is 11.3. The third kappa shape index (κ3) is 8.91. The molecule has 0 fully saturated rings. The summed E-state index contributed by atoms with van der Waals surface area (Å²) in [6.07, 6.45) is 7.59. The van der Waals surface area contributed by atoms with E-state index >= 15 is 0 Å². The molecule has 0 aliphatic rings. The Balaban J connectivity index is 2.02. The smallest absolute Gasteiger partial charge is 0.324 e. The van der Waals surface area contributed by atoms with Gasteiger partial charge in [0.1, 0.15) is 4.87 Å². The number of aliphatic hydroxyl groups excluding tert-OH is 1. The van der Waals surface area contributed by atoms with Gasteiger partial charge in [-0.3, -0.25) is 4.79 Å². The van der Waals surface area contributed by atoms with E-state index in [-0.39, 0.29) is 6.10 Å². The molecule has 5 heteroatoms. The first-order valence-corrected chi connectivity index (χ1v) is 9.41. The summed E-state index contributed by atoms with van der Waals surface area (Å²) in [6, 6.07) is 7.74. The van der Waals surface area contributed by atoms with Crippen LogP contribution in [0, 0.1) is 0 Å². The summed E-state index contributed by atoms with van der Waals surface area (Å²) in [4.78, 5) is 9.74. The zero-order valence-electron chi connectivity index (χ0n) is 14.3. The third-order valence-electron chi connectivity index (χ3n) is 4.31. The number of carbonyl (C=O) groups is 1. The summed E-state index contributed by atoms with van der Waals surface area (Å²) in [5.41, 5.74) is 1.20. The first kappa shape index (κ1) is 21.3.